The van der Waals surface area contributed by atoms with Crippen LogP contribution in [0, 0.1) is 0 Å². The van der Waals surface area contributed by atoms with Crippen molar-refractivity contribution in [1.82, 2.24) is 5.32 Å². The van der Waals surface area contributed by atoms with Crippen LogP contribution in [-0.2, 0) is 34.1 Å². The lowest BCUT2D eigenvalue weighted by Crippen LogP contribution is -2.49. The van der Waals surface area contributed by atoms with Gasteiger partial charge in [0.2, 0.25) is 0 Å². The number of halogens is 1. The maximum absolute atomic E-state index is 13.7. The lowest BCUT2D eigenvalue weighted by molar-refractivity contribution is -0.140. The molecule has 39 heavy (non-hydrogen) atoms. The maximum Gasteiger partial charge on any atom is 0.337 e. The average Bonchev–Trinajstić information content (AvgIpc) is 2.88. The number of methoxy groups -OCH3 is 1. The Bertz CT molecular complexity index is 1200. The first kappa shape index (κ1) is 31.6. The number of carbonyl (C=O) groups excluding carboxylic acids is 2. The van der Waals surface area contributed by atoms with Gasteiger partial charge in [0.1, 0.15) is 0 Å². The summed E-state index contributed by atoms with van der Waals surface area (Å²) in [6.45, 7) is 3.64. The third-order valence-electron chi connectivity index (χ3n) is 6.45. The normalized spacial score (nSPS) is 17.5. The second-order valence-corrected chi connectivity index (χ2v) is 9.34. The number of allylic oxidation sites excluding steroid dienone is 2. The second kappa shape index (κ2) is 14.5. The minimum Gasteiger partial charge on any atom is -0.478 e. The number of aliphatic carboxylic acids is 2. The average molecular weight is 563 g/mol. The molecular weight excluding hydrogens is 528 g/mol. The summed E-state index contributed by atoms with van der Waals surface area (Å²) >= 11 is 6.62. The molecule has 11 heteroatoms. The van der Waals surface area contributed by atoms with E-state index in [0.717, 1.165) is 32.8 Å². The van der Waals surface area contributed by atoms with E-state index in [4.69, 9.17) is 26.8 Å². The van der Waals surface area contributed by atoms with Crippen LogP contribution in [0.15, 0.2) is 58.5 Å². The Hall–Kier alpha value is -3.63. The number of esters is 2. The molecule has 1 aromatic rings. The van der Waals surface area contributed by atoms with Crippen molar-refractivity contribution in [1.29, 1.82) is 0 Å². The highest BCUT2D eigenvalue weighted by Crippen LogP contribution is 2.52. The van der Waals surface area contributed by atoms with Crippen molar-refractivity contribution in [2.24, 2.45) is 5.73 Å². The van der Waals surface area contributed by atoms with Crippen LogP contribution in [0.3, 0.4) is 0 Å². The minimum atomic E-state index is -2.27. The number of rotatable bonds is 14. The van der Waals surface area contributed by atoms with E-state index in [1.165, 1.54) is 19.1 Å². The zero-order valence-electron chi connectivity index (χ0n) is 22.3. The Morgan fingerprint density at radius 3 is 2.23 bits per heavy atom. The summed E-state index contributed by atoms with van der Waals surface area (Å²) in [5.41, 5.74) is 2.51. The van der Waals surface area contributed by atoms with E-state index in [1.54, 1.807) is 19.1 Å². The number of dihydropyridines is 1. The molecule has 0 aromatic heterocycles. The van der Waals surface area contributed by atoms with Crippen LogP contribution in [0.4, 0.5) is 0 Å². The van der Waals surface area contributed by atoms with Gasteiger partial charge in [-0.2, -0.15) is 0 Å². The van der Waals surface area contributed by atoms with Crippen LogP contribution < -0.4 is 11.1 Å². The summed E-state index contributed by atoms with van der Waals surface area (Å²) in [7, 11) is 1.10. The standard InChI is InChI=1S/C28H35ClN2O8/c1-4-39-27(37)24-21(14-8-6-5-7-11-15-30)31-17(2)23(26(36)38-3)28(24,18-12-9-10-13-20(18)29)19(25(34)35)16-22(32)33/h9-10,12-13,16,31H,4-8,11,14-15,30H2,1-3H3,(H,32,33)(H,34,35)/b19-16+. The molecule has 0 bridgehead atoms. The summed E-state index contributed by atoms with van der Waals surface area (Å²) in [4.78, 5) is 51.9. The molecule has 1 aliphatic heterocycles. The van der Waals surface area contributed by atoms with Crippen molar-refractivity contribution in [2.75, 3.05) is 20.3 Å². The van der Waals surface area contributed by atoms with Crippen LogP contribution >= 0.6 is 11.6 Å². The molecule has 1 unspecified atom stereocenters. The summed E-state index contributed by atoms with van der Waals surface area (Å²) in [6, 6.07) is 6.05. The van der Waals surface area contributed by atoms with Crippen LogP contribution in [0.5, 0.6) is 0 Å². The zero-order valence-corrected chi connectivity index (χ0v) is 23.1. The highest BCUT2D eigenvalue weighted by molar-refractivity contribution is 6.32. The lowest BCUT2D eigenvalue weighted by Gasteiger charge is -2.43. The molecule has 1 aliphatic rings. The molecule has 1 atom stereocenters. The highest BCUT2D eigenvalue weighted by atomic mass is 35.5. The van der Waals surface area contributed by atoms with Gasteiger partial charge < -0.3 is 30.7 Å². The Balaban J connectivity index is 3.05. The third-order valence-corrected chi connectivity index (χ3v) is 6.77. The van der Waals surface area contributed by atoms with E-state index in [9.17, 15) is 29.4 Å². The van der Waals surface area contributed by atoms with Gasteiger partial charge >= 0.3 is 23.9 Å². The number of carboxylic acid groups (broad SMARTS) is 2. The summed E-state index contributed by atoms with van der Waals surface area (Å²) in [5, 5.41) is 23.2. The van der Waals surface area contributed by atoms with E-state index in [1.807, 2.05) is 0 Å². The van der Waals surface area contributed by atoms with E-state index in [2.05, 4.69) is 5.32 Å². The van der Waals surface area contributed by atoms with Gasteiger partial charge in [0.25, 0.3) is 0 Å². The van der Waals surface area contributed by atoms with Crippen molar-refractivity contribution in [3.8, 4) is 0 Å². The predicted molar refractivity (Wildman–Crippen MR) is 145 cm³/mol. The van der Waals surface area contributed by atoms with E-state index < -0.39 is 34.9 Å². The smallest absolute Gasteiger partial charge is 0.337 e. The molecule has 212 valence electrons. The Morgan fingerprint density at radius 1 is 1.03 bits per heavy atom. The van der Waals surface area contributed by atoms with Gasteiger partial charge in [-0.1, -0.05) is 49.1 Å². The molecule has 10 nitrogen and oxygen atoms in total. The maximum atomic E-state index is 13.7. The van der Waals surface area contributed by atoms with Crippen molar-refractivity contribution in [3.63, 3.8) is 0 Å². The number of hydrogen-bond donors (Lipinski definition) is 4. The molecule has 1 aromatic carbocycles. The Labute approximate surface area is 232 Å². The number of unbranched alkanes of at least 4 members (excludes halogenated alkanes) is 4. The quantitative estimate of drug-likeness (QED) is 0.149. The van der Waals surface area contributed by atoms with Crippen molar-refractivity contribution in [2.45, 2.75) is 57.8 Å². The third kappa shape index (κ3) is 6.88. The monoisotopic (exact) mass is 562 g/mol. The Morgan fingerprint density at radius 2 is 1.67 bits per heavy atom. The van der Waals surface area contributed by atoms with Gasteiger partial charge in [-0.25, -0.2) is 19.2 Å². The molecule has 0 spiro atoms. The summed E-state index contributed by atoms with van der Waals surface area (Å²) in [6.07, 6.45) is 4.89. The fourth-order valence-corrected chi connectivity index (χ4v) is 5.22. The molecule has 0 aliphatic carbocycles. The number of benzene rings is 1. The number of nitrogens with two attached hydrogens (primary N) is 1. The first-order chi connectivity index (χ1) is 18.6. The number of hydrogen-bond acceptors (Lipinski definition) is 8. The number of ether oxygens (including phenoxy) is 2. The molecule has 0 fully saturated rings. The van der Waals surface area contributed by atoms with Gasteiger partial charge in [-0.15, -0.1) is 0 Å². The van der Waals surface area contributed by atoms with Gasteiger partial charge in [0.15, 0.2) is 0 Å². The molecule has 2 rings (SSSR count). The van der Waals surface area contributed by atoms with Crippen LogP contribution in [0.25, 0.3) is 0 Å². The SMILES string of the molecule is CCOC(=O)C1=C(CCCCCCCN)NC(C)=C(C(=O)OC)C1(/C(=C/C(=O)O)C(=O)O)c1ccccc1Cl. The fraction of sp³-hybridized carbons (Fsp3) is 0.429. The summed E-state index contributed by atoms with van der Waals surface area (Å²) < 4.78 is 10.4. The molecule has 0 saturated carbocycles. The van der Waals surface area contributed by atoms with Crippen molar-refractivity contribution in [3.05, 3.63) is 69.0 Å². The Kier molecular flexibility index (Phi) is 11.7. The van der Waals surface area contributed by atoms with Crippen LogP contribution in [0.1, 0.15) is 57.9 Å². The highest BCUT2D eigenvalue weighted by Gasteiger charge is 2.57. The van der Waals surface area contributed by atoms with Crippen molar-refractivity contribution >= 4 is 35.5 Å². The zero-order chi connectivity index (χ0) is 29.2. The molecule has 5 N–H and O–H groups in total. The molecule has 0 saturated heterocycles. The first-order valence-electron chi connectivity index (χ1n) is 12.7. The molecular formula is C28H35ClN2O8. The molecule has 0 radical (unpaired) electrons. The van der Waals surface area contributed by atoms with Gasteiger partial charge in [-0.3, -0.25) is 0 Å². The predicted octanol–water partition coefficient (Wildman–Crippen LogP) is 3.84. The van der Waals surface area contributed by atoms with E-state index >= 15 is 0 Å². The van der Waals surface area contributed by atoms with Gasteiger partial charge in [-0.05, 0) is 51.3 Å². The number of carbonyl (C=O) groups is 4. The first-order valence-corrected chi connectivity index (χ1v) is 13.1. The second-order valence-electron chi connectivity index (χ2n) is 8.93. The topological polar surface area (TPSA) is 165 Å². The number of carboxylic acids is 2. The van der Waals surface area contributed by atoms with Crippen molar-refractivity contribution < 1.29 is 38.9 Å². The minimum absolute atomic E-state index is 0.00840. The fourth-order valence-electron chi connectivity index (χ4n) is 4.94. The van der Waals surface area contributed by atoms with E-state index in [-0.39, 0.29) is 40.5 Å². The van der Waals surface area contributed by atoms with E-state index in [0.29, 0.717) is 24.7 Å². The van der Waals surface area contributed by atoms with Gasteiger partial charge in [0.05, 0.1) is 35.9 Å². The molecule has 1 heterocycles. The molecule has 0 amide bonds. The van der Waals surface area contributed by atoms with Crippen LogP contribution in [-0.4, -0.2) is 54.4 Å². The number of nitrogens with one attached hydrogen (secondary N) is 1. The summed E-state index contributed by atoms with van der Waals surface area (Å²) in [5.74, 6) is -5.16. The lowest BCUT2D eigenvalue weighted by atomic mass is 9.60. The largest absolute Gasteiger partial charge is 0.478 e. The van der Waals surface area contributed by atoms with Crippen LogP contribution in [0.2, 0.25) is 5.02 Å². The van der Waals surface area contributed by atoms with Gasteiger partial charge in [0, 0.05) is 22.5 Å².